The molecule has 4 rings (SSSR count). The minimum atomic E-state index is -0.343. The fraction of sp³-hybridized carbons (Fsp3) is 0.192. The van der Waals surface area contributed by atoms with Crippen LogP contribution >= 0.6 is 0 Å². The lowest BCUT2D eigenvalue weighted by Crippen LogP contribution is -2.18. The van der Waals surface area contributed by atoms with Crippen molar-refractivity contribution < 1.29 is 18.3 Å². The number of ether oxygens (including phenoxy) is 1. The monoisotopic (exact) mass is 417 g/mol. The minimum absolute atomic E-state index is 0.257. The molecule has 3 aromatic carbocycles. The molecule has 0 bridgehead atoms. The molecule has 1 aromatic heterocycles. The maximum Gasteiger partial charge on any atom is 0.255 e. The summed E-state index contributed by atoms with van der Waals surface area (Å²) >= 11 is 0. The summed E-state index contributed by atoms with van der Waals surface area (Å²) in [5.41, 5.74) is 3.64. The normalized spacial score (nSPS) is 11.1. The molecular weight excluding hydrogens is 393 g/mol. The largest absolute Gasteiger partial charge is 0.493 e. The number of benzene rings is 3. The van der Waals surface area contributed by atoms with Crippen molar-refractivity contribution in [3.8, 4) is 28.2 Å². The maximum absolute atomic E-state index is 13.4. The zero-order valence-corrected chi connectivity index (χ0v) is 17.7. The Morgan fingerprint density at radius 3 is 2.26 bits per heavy atom. The molecule has 5 heteroatoms. The molecule has 0 radical (unpaired) electrons. The van der Waals surface area contributed by atoms with Gasteiger partial charge in [0.25, 0.3) is 5.91 Å². The first-order chi connectivity index (χ1) is 15.0. The predicted octanol–water partition coefficient (Wildman–Crippen LogP) is 6.30. The smallest absolute Gasteiger partial charge is 0.255 e. The number of halogens is 1. The number of carbonyl (C=O) groups excluding carboxylic acids is 1. The second kappa shape index (κ2) is 8.64. The van der Waals surface area contributed by atoms with Crippen molar-refractivity contribution >= 4 is 16.9 Å². The average molecular weight is 417 g/mol. The van der Waals surface area contributed by atoms with Crippen molar-refractivity contribution in [2.45, 2.75) is 13.8 Å². The van der Waals surface area contributed by atoms with Crippen LogP contribution in [0.15, 0.2) is 71.1 Å². The first kappa shape index (κ1) is 20.7. The fourth-order valence-electron chi connectivity index (χ4n) is 3.44. The number of hydrogen-bond acceptors (Lipinski definition) is 3. The quantitative estimate of drug-likeness (QED) is 0.400. The molecule has 0 aliphatic heterocycles. The Kier molecular flexibility index (Phi) is 5.76. The second-order valence-corrected chi connectivity index (χ2v) is 7.83. The third-order valence-electron chi connectivity index (χ3n) is 5.02. The van der Waals surface area contributed by atoms with Crippen LogP contribution in [0.5, 0.6) is 5.75 Å². The summed E-state index contributed by atoms with van der Waals surface area (Å²) in [5.74, 6) is 1.11. The van der Waals surface area contributed by atoms with Crippen LogP contribution < -0.4 is 10.1 Å². The molecule has 0 aliphatic rings. The second-order valence-electron chi connectivity index (χ2n) is 7.83. The lowest BCUT2D eigenvalue weighted by atomic mass is 10.00. The van der Waals surface area contributed by atoms with Crippen LogP contribution in [0.25, 0.3) is 33.4 Å². The summed E-state index contributed by atoms with van der Waals surface area (Å²) in [7, 11) is 1.58. The molecular formula is C26H24FNO3. The van der Waals surface area contributed by atoms with Crippen molar-refractivity contribution in [1.29, 1.82) is 0 Å². The zero-order chi connectivity index (χ0) is 22.0. The predicted molar refractivity (Wildman–Crippen MR) is 121 cm³/mol. The van der Waals surface area contributed by atoms with Crippen LogP contribution in [0.3, 0.4) is 0 Å². The highest BCUT2D eigenvalue weighted by molar-refractivity contribution is 6.11. The van der Waals surface area contributed by atoms with Crippen molar-refractivity contribution in [1.82, 2.24) is 5.32 Å². The molecule has 0 saturated carbocycles. The topological polar surface area (TPSA) is 51.5 Å². The summed E-state index contributed by atoms with van der Waals surface area (Å²) in [5, 5.41) is 3.39. The van der Waals surface area contributed by atoms with Crippen LogP contribution in [0, 0.1) is 11.7 Å². The zero-order valence-electron chi connectivity index (χ0n) is 17.7. The molecule has 4 nitrogen and oxygen atoms in total. The van der Waals surface area contributed by atoms with Gasteiger partial charge in [0.2, 0.25) is 0 Å². The molecule has 1 heterocycles. The highest BCUT2D eigenvalue weighted by Crippen LogP contribution is 2.36. The molecule has 0 saturated heterocycles. The number of rotatable bonds is 6. The number of amides is 1. The van der Waals surface area contributed by atoms with Gasteiger partial charge < -0.3 is 14.5 Å². The van der Waals surface area contributed by atoms with E-state index in [9.17, 15) is 9.18 Å². The Bertz CT molecular complexity index is 1210. The molecule has 0 spiro atoms. The lowest BCUT2D eigenvalue weighted by molar-refractivity contribution is 0.0964. The fourth-order valence-corrected chi connectivity index (χ4v) is 3.44. The Morgan fingerprint density at radius 2 is 1.61 bits per heavy atom. The standard InChI is InChI=1S/C26H24FNO3/c1-16(2)15-30-21-11-6-17(7-12-21)19-8-13-23-22(14-19)24(26(29)28-3)25(31-23)18-4-9-20(27)10-5-18/h4-14,16H,15H2,1-3H3,(H,28,29). The van der Waals surface area contributed by atoms with Crippen LogP contribution in [-0.4, -0.2) is 19.6 Å². The van der Waals surface area contributed by atoms with Crippen LogP contribution in [0.2, 0.25) is 0 Å². The van der Waals surface area contributed by atoms with E-state index in [-0.39, 0.29) is 11.7 Å². The Balaban J connectivity index is 1.76. The third kappa shape index (κ3) is 4.31. The molecule has 0 aliphatic carbocycles. The first-order valence-electron chi connectivity index (χ1n) is 10.2. The minimum Gasteiger partial charge on any atom is -0.493 e. The molecule has 0 unspecified atom stereocenters. The Labute approximate surface area is 180 Å². The van der Waals surface area contributed by atoms with Crippen molar-refractivity contribution in [3.05, 3.63) is 78.1 Å². The van der Waals surface area contributed by atoms with Gasteiger partial charge in [-0.05, 0) is 65.6 Å². The van der Waals surface area contributed by atoms with Gasteiger partial charge in [-0.25, -0.2) is 4.39 Å². The van der Waals surface area contributed by atoms with Gasteiger partial charge in [-0.2, -0.15) is 0 Å². The van der Waals surface area contributed by atoms with E-state index in [1.165, 1.54) is 12.1 Å². The highest BCUT2D eigenvalue weighted by atomic mass is 19.1. The van der Waals surface area contributed by atoms with E-state index in [0.717, 1.165) is 16.9 Å². The molecule has 1 amide bonds. The van der Waals surface area contributed by atoms with Gasteiger partial charge >= 0.3 is 0 Å². The van der Waals surface area contributed by atoms with E-state index >= 15 is 0 Å². The first-order valence-corrected chi connectivity index (χ1v) is 10.2. The maximum atomic E-state index is 13.4. The molecule has 158 valence electrons. The van der Waals surface area contributed by atoms with Crippen molar-refractivity contribution in [2.75, 3.05) is 13.7 Å². The van der Waals surface area contributed by atoms with E-state index in [1.807, 2.05) is 42.5 Å². The average Bonchev–Trinajstić information content (AvgIpc) is 3.16. The van der Waals surface area contributed by atoms with Crippen molar-refractivity contribution in [2.24, 2.45) is 5.92 Å². The third-order valence-corrected chi connectivity index (χ3v) is 5.02. The van der Waals surface area contributed by atoms with Gasteiger partial charge in [-0.3, -0.25) is 4.79 Å². The molecule has 1 N–H and O–H groups in total. The Morgan fingerprint density at radius 1 is 0.968 bits per heavy atom. The van der Waals surface area contributed by atoms with E-state index in [4.69, 9.17) is 9.15 Å². The van der Waals surface area contributed by atoms with Crippen LogP contribution in [-0.2, 0) is 0 Å². The summed E-state index contributed by atoms with van der Waals surface area (Å²) in [6, 6.07) is 19.6. The number of hydrogen-bond donors (Lipinski definition) is 1. The van der Waals surface area contributed by atoms with E-state index < -0.39 is 0 Å². The van der Waals surface area contributed by atoms with Crippen molar-refractivity contribution in [3.63, 3.8) is 0 Å². The SMILES string of the molecule is CNC(=O)c1c(-c2ccc(F)cc2)oc2ccc(-c3ccc(OCC(C)C)cc3)cc12. The summed E-state index contributed by atoms with van der Waals surface area (Å²) in [6.07, 6.45) is 0. The molecule has 4 aromatic rings. The van der Waals surface area contributed by atoms with Gasteiger partial charge in [0.05, 0.1) is 12.2 Å². The van der Waals surface area contributed by atoms with Gasteiger partial charge in [0.1, 0.15) is 22.9 Å². The lowest BCUT2D eigenvalue weighted by Gasteiger charge is -2.09. The summed E-state index contributed by atoms with van der Waals surface area (Å²) in [6.45, 7) is 4.89. The van der Waals surface area contributed by atoms with Crippen LogP contribution in [0.4, 0.5) is 4.39 Å². The number of fused-ring (bicyclic) bond motifs is 1. The summed E-state index contributed by atoms with van der Waals surface area (Å²) in [4.78, 5) is 12.7. The summed E-state index contributed by atoms with van der Waals surface area (Å²) < 4.78 is 25.1. The number of furan rings is 1. The number of nitrogens with one attached hydrogen (secondary N) is 1. The Hall–Kier alpha value is -3.60. The van der Waals surface area contributed by atoms with Gasteiger partial charge in [0, 0.05) is 18.0 Å². The van der Waals surface area contributed by atoms with Crippen LogP contribution in [0.1, 0.15) is 24.2 Å². The van der Waals surface area contributed by atoms with Gasteiger partial charge in [0.15, 0.2) is 0 Å². The molecule has 31 heavy (non-hydrogen) atoms. The highest BCUT2D eigenvalue weighted by Gasteiger charge is 2.22. The molecule has 0 fully saturated rings. The van der Waals surface area contributed by atoms with Gasteiger partial charge in [-0.15, -0.1) is 0 Å². The number of carbonyl (C=O) groups is 1. The van der Waals surface area contributed by atoms with E-state index in [0.29, 0.717) is 40.4 Å². The van der Waals surface area contributed by atoms with E-state index in [1.54, 1.807) is 19.2 Å². The van der Waals surface area contributed by atoms with E-state index in [2.05, 4.69) is 19.2 Å². The van der Waals surface area contributed by atoms with Gasteiger partial charge in [-0.1, -0.05) is 32.0 Å². The molecule has 0 atom stereocenters.